The Morgan fingerprint density at radius 3 is 2.80 bits per heavy atom. The van der Waals surface area contributed by atoms with E-state index in [9.17, 15) is 0 Å². The van der Waals surface area contributed by atoms with Crippen LogP contribution in [-0.4, -0.2) is 7.11 Å². The third-order valence-electron chi connectivity index (χ3n) is 1.14. The fourth-order valence-electron chi connectivity index (χ4n) is 0.680. The second kappa shape index (κ2) is 2.80. The van der Waals surface area contributed by atoms with Gasteiger partial charge in [0.15, 0.2) is 5.75 Å². The van der Waals surface area contributed by atoms with Gasteiger partial charge in [-0.05, 0) is 6.07 Å². The molecule has 0 aromatic heterocycles. The van der Waals surface area contributed by atoms with Crippen LogP contribution >= 0.6 is 11.6 Å². The van der Waals surface area contributed by atoms with Gasteiger partial charge in [0.1, 0.15) is 0 Å². The summed E-state index contributed by atoms with van der Waals surface area (Å²) in [6.45, 7) is 0. The van der Waals surface area contributed by atoms with Crippen LogP contribution < -0.4 is 10.5 Å². The Labute approximate surface area is 64.6 Å². The maximum Gasteiger partial charge on any atom is 0.160 e. The molecule has 0 amide bonds. The van der Waals surface area contributed by atoms with Gasteiger partial charge in [0.25, 0.3) is 0 Å². The van der Waals surface area contributed by atoms with Crippen LogP contribution in [0.3, 0.4) is 0 Å². The van der Waals surface area contributed by atoms with Crippen molar-refractivity contribution in [3.63, 3.8) is 0 Å². The standard InChI is InChI=1S/C7H7ClNO/c1-10-7-5(8)3-2-4-6(7)9/h2,4H,9H2,1H3. The monoisotopic (exact) mass is 156 g/mol. The number of nitrogens with two attached hydrogens (primary N) is 1. The number of hydrogen-bond donors (Lipinski definition) is 1. The summed E-state index contributed by atoms with van der Waals surface area (Å²) in [6.07, 6.45) is 0. The van der Waals surface area contributed by atoms with E-state index in [0.29, 0.717) is 16.5 Å². The molecule has 1 aromatic carbocycles. The maximum absolute atomic E-state index is 5.67. The largest absolute Gasteiger partial charge is 0.493 e. The first kappa shape index (κ1) is 7.22. The number of nitrogen functional groups attached to an aromatic ring is 1. The maximum atomic E-state index is 5.67. The van der Waals surface area contributed by atoms with Crippen LogP contribution in [0.4, 0.5) is 5.69 Å². The molecule has 0 saturated heterocycles. The molecule has 0 atom stereocenters. The molecule has 2 N–H and O–H groups in total. The lowest BCUT2D eigenvalue weighted by molar-refractivity contribution is 0.417. The van der Waals surface area contributed by atoms with Gasteiger partial charge in [-0.2, -0.15) is 0 Å². The van der Waals surface area contributed by atoms with E-state index in [1.165, 1.54) is 7.11 Å². The number of halogens is 1. The van der Waals surface area contributed by atoms with Gasteiger partial charge in [-0.25, -0.2) is 0 Å². The van der Waals surface area contributed by atoms with Crippen LogP contribution in [0.5, 0.6) is 5.75 Å². The highest BCUT2D eigenvalue weighted by molar-refractivity contribution is 6.32. The zero-order chi connectivity index (χ0) is 7.56. The third kappa shape index (κ3) is 1.16. The van der Waals surface area contributed by atoms with Crippen LogP contribution in [0.1, 0.15) is 0 Å². The molecule has 0 spiro atoms. The fourth-order valence-corrected chi connectivity index (χ4v) is 0.929. The molecule has 0 saturated carbocycles. The molecule has 1 rings (SSSR count). The molecule has 0 heterocycles. The lowest BCUT2D eigenvalue weighted by Crippen LogP contribution is -1.91. The first-order chi connectivity index (χ1) is 4.75. The highest BCUT2D eigenvalue weighted by Crippen LogP contribution is 2.29. The molecule has 0 aliphatic rings. The van der Waals surface area contributed by atoms with Crippen molar-refractivity contribution < 1.29 is 4.74 Å². The van der Waals surface area contributed by atoms with Crippen molar-refractivity contribution in [2.75, 3.05) is 12.8 Å². The lowest BCUT2D eigenvalue weighted by Gasteiger charge is -2.03. The molecule has 53 valence electrons. The number of anilines is 1. The number of methoxy groups -OCH3 is 1. The average molecular weight is 157 g/mol. The van der Waals surface area contributed by atoms with Crippen molar-refractivity contribution in [1.29, 1.82) is 0 Å². The van der Waals surface area contributed by atoms with Crippen LogP contribution in [-0.2, 0) is 0 Å². The molecular formula is C7H7ClNO. The first-order valence-corrected chi connectivity index (χ1v) is 3.13. The summed E-state index contributed by atoms with van der Waals surface area (Å²) in [5.74, 6) is 0.490. The van der Waals surface area contributed by atoms with Crippen molar-refractivity contribution in [2.24, 2.45) is 0 Å². The van der Waals surface area contributed by atoms with Crippen LogP contribution in [0.25, 0.3) is 0 Å². The number of hydrogen-bond acceptors (Lipinski definition) is 2. The van der Waals surface area contributed by atoms with Gasteiger partial charge in [-0.1, -0.05) is 17.7 Å². The second-order valence-corrected chi connectivity index (χ2v) is 2.16. The summed E-state index contributed by atoms with van der Waals surface area (Å²) in [4.78, 5) is 0. The number of ether oxygens (including phenoxy) is 1. The Kier molecular flexibility index (Phi) is 2.02. The number of benzene rings is 1. The van der Waals surface area contributed by atoms with E-state index in [1.807, 2.05) is 0 Å². The van der Waals surface area contributed by atoms with Crippen molar-refractivity contribution in [2.45, 2.75) is 0 Å². The van der Waals surface area contributed by atoms with E-state index in [-0.39, 0.29) is 0 Å². The number of rotatable bonds is 1. The zero-order valence-corrected chi connectivity index (χ0v) is 6.27. The van der Waals surface area contributed by atoms with Gasteiger partial charge in [0, 0.05) is 6.07 Å². The molecular weight excluding hydrogens is 150 g/mol. The molecule has 1 radical (unpaired) electrons. The molecule has 1 aromatic rings. The summed E-state index contributed by atoms with van der Waals surface area (Å²) in [5, 5.41) is 0.419. The van der Waals surface area contributed by atoms with Gasteiger partial charge in [0.2, 0.25) is 0 Å². The minimum Gasteiger partial charge on any atom is -0.493 e. The Morgan fingerprint density at radius 2 is 2.40 bits per heavy atom. The summed E-state index contributed by atoms with van der Waals surface area (Å²) < 4.78 is 4.89. The van der Waals surface area contributed by atoms with Gasteiger partial charge in [-0.15, -0.1) is 0 Å². The van der Waals surface area contributed by atoms with Crippen molar-refractivity contribution in [3.8, 4) is 5.75 Å². The quantitative estimate of drug-likeness (QED) is 0.629. The lowest BCUT2D eigenvalue weighted by atomic mass is 10.3. The van der Waals surface area contributed by atoms with Gasteiger partial charge < -0.3 is 10.5 Å². The molecule has 0 aliphatic heterocycles. The average Bonchev–Trinajstić information content (AvgIpc) is 1.88. The second-order valence-electron chi connectivity index (χ2n) is 1.78. The minimum atomic E-state index is 0.419. The Balaban J connectivity index is 3.17. The van der Waals surface area contributed by atoms with E-state index >= 15 is 0 Å². The summed E-state index contributed by atoms with van der Waals surface area (Å²) in [6, 6.07) is 6.09. The van der Waals surface area contributed by atoms with Crippen LogP contribution in [0.15, 0.2) is 12.1 Å². The summed E-state index contributed by atoms with van der Waals surface area (Å²) in [7, 11) is 1.52. The Hall–Kier alpha value is -0.890. The molecule has 0 aliphatic carbocycles. The van der Waals surface area contributed by atoms with E-state index in [4.69, 9.17) is 22.1 Å². The Morgan fingerprint density at radius 1 is 1.70 bits per heavy atom. The van der Waals surface area contributed by atoms with Crippen LogP contribution in [0, 0.1) is 6.07 Å². The van der Waals surface area contributed by atoms with E-state index < -0.39 is 0 Å². The molecule has 0 unspecified atom stereocenters. The predicted molar refractivity (Wildman–Crippen MR) is 41.3 cm³/mol. The minimum absolute atomic E-state index is 0.419. The summed E-state index contributed by atoms with van der Waals surface area (Å²) in [5.41, 5.74) is 6.04. The SMILES string of the molecule is COc1c(Cl)[c]ccc1N. The van der Waals surface area contributed by atoms with Gasteiger partial charge in [-0.3, -0.25) is 0 Å². The van der Waals surface area contributed by atoms with Crippen molar-refractivity contribution >= 4 is 17.3 Å². The fraction of sp³-hybridized carbons (Fsp3) is 0.143. The topological polar surface area (TPSA) is 35.2 Å². The molecule has 3 heteroatoms. The normalized spacial score (nSPS) is 9.40. The molecule has 10 heavy (non-hydrogen) atoms. The zero-order valence-electron chi connectivity index (χ0n) is 5.52. The highest BCUT2D eigenvalue weighted by Gasteiger charge is 2.01. The van der Waals surface area contributed by atoms with E-state index in [1.54, 1.807) is 12.1 Å². The Bertz CT molecular complexity index is 217. The molecule has 2 nitrogen and oxygen atoms in total. The van der Waals surface area contributed by atoms with Gasteiger partial charge >= 0.3 is 0 Å². The smallest absolute Gasteiger partial charge is 0.160 e. The van der Waals surface area contributed by atoms with Crippen LogP contribution in [0.2, 0.25) is 5.02 Å². The molecule has 0 bridgehead atoms. The first-order valence-electron chi connectivity index (χ1n) is 2.75. The van der Waals surface area contributed by atoms with Gasteiger partial charge in [0.05, 0.1) is 17.8 Å². The van der Waals surface area contributed by atoms with E-state index in [2.05, 4.69) is 6.07 Å². The van der Waals surface area contributed by atoms with Crippen molar-refractivity contribution in [3.05, 3.63) is 23.2 Å². The highest BCUT2D eigenvalue weighted by atomic mass is 35.5. The predicted octanol–water partition coefficient (Wildman–Crippen LogP) is 1.73. The van der Waals surface area contributed by atoms with E-state index in [0.717, 1.165) is 0 Å². The third-order valence-corrected chi connectivity index (χ3v) is 1.42. The summed E-state index contributed by atoms with van der Waals surface area (Å²) >= 11 is 5.67. The molecule has 0 fully saturated rings. The van der Waals surface area contributed by atoms with Crippen molar-refractivity contribution in [1.82, 2.24) is 0 Å².